The molecule has 0 radical (unpaired) electrons. The molecule has 0 bridgehead atoms. The van der Waals surface area contributed by atoms with Gasteiger partial charge in [-0.15, -0.1) is 0 Å². The number of hydrogen-bond donors (Lipinski definition) is 1. The average molecular weight is 252 g/mol. The molecular formula is C13H17FN2O2. The first-order valence-corrected chi connectivity index (χ1v) is 5.53. The zero-order chi connectivity index (χ0) is 13.5. The van der Waals surface area contributed by atoms with E-state index in [1.54, 1.807) is 38.4 Å². The lowest BCUT2D eigenvalue weighted by Crippen LogP contribution is -2.21. The monoisotopic (exact) mass is 252 g/mol. The number of carbonyl (C=O) groups excluding carboxylic acids is 1. The quantitative estimate of drug-likeness (QED) is 0.865. The fraction of sp³-hybridized carbons (Fsp3) is 0.308. The molecule has 18 heavy (non-hydrogen) atoms. The van der Waals surface area contributed by atoms with Crippen LogP contribution in [-0.2, 0) is 0 Å². The molecule has 0 unspecified atom stereocenters. The summed E-state index contributed by atoms with van der Waals surface area (Å²) in [7, 11) is 3.36. The Labute approximate surface area is 106 Å². The predicted octanol–water partition coefficient (Wildman–Crippen LogP) is 1.58. The Morgan fingerprint density at radius 1 is 1.39 bits per heavy atom. The molecule has 0 heterocycles. The fourth-order valence-corrected chi connectivity index (χ4v) is 1.29. The molecule has 0 aliphatic heterocycles. The van der Waals surface area contributed by atoms with Gasteiger partial charge in [0.15, 0.2) is 0 Å². The van der Waals surface area contributed by atoms with Crippen molar-refractivity contribution in [1.82, 2.24) is 4.90 Å². The maximum atomic E-state index is 13.0. The molecule has 5 heteroatoms. The summed E-state index contributed by atoms with van der Waals surface area (Å²) in [6, 6.07) is 6.54. The van der Waals surface area contributed by atoms with Crippen LogP contribution in [0.15, 0.2) is 36.2 Å². The van der Waals surface area contributed by atoms with Crippen molar-refractivity contribution in [2.75, 3.05) is 27.2 Å². The minimum absolute atomic E-state index is 0.0873. The average Bonchev–Trinajstić information content (AvgIpc) is 2.36. The van der Waals surface area contributed by atoms with Crippen molar-refractivity contribution in [2.45, 2.75) is 0 Å². The van der Waals surface area contributed by atoms with Crippen molar-refractivity contribution in [3.63, 3.8) is 0 Å². The van der Waals surface area contributed by atoms with Crippen molar-refractivity contribution in [2.24, 2.45) is 5.73 Å². The van der Waals surface area contributed by atoms with Crippen molar-refractivity contribution in [3.05, 3.63) is 41.7 Å². The minimum Gasteiger partial charge on any atom is -0.487 e. The number of nitrogens with zero attached hydrogens (tertiary/aromatic N) is 1. The molecular weight excluding hydrogens is 235 g/mol. The summed E-state index contributed by atoms with van der Waals surface area (Å²) in [6.07, 6.45) is 1.25. The van der Waals surface area contributed by atoms with Gasteiger partial charge in [-0.1, -0.05) is 0 Å². The molecule has 0 spiro atoms. The van der Waals surface area contributed by atoms with Crippen LogP contribution in [0.3, 0.4) is 0 Å². The van der Waals surface area contributed by atoms with Crippen LogP contribution in [0.2, 0.25) is 0 Å². The van der Waals surface area contributed by atoms with Gasteiger partial charge in [0.2, 0.25) is 0 Å². The highest BCUT2D eigenvalue weighted by molar-refractivity contribution is 5.93. The maximum Gasteiger partial charge on any atom is 0.253 e. The second-order valence-electron chi connectivity index (χ2n) is 3.90. The first kappa shape index (κ1) is 14.2. The van der Waals surface area contributed by atoms with Crippen LogP contribution in [0.25, 0.3) is 0 Å². The summed E-state index contributed by atoms with van der Waals surface area (Å²) in [4.78, 5) is 13.1. The van der Waals surface area contributed by atoms with E-state index >= 15 is 0 Å². The van der Waals surface area contributed by atoms with Gasteiger partial charge in [0.1, 0.15) is 18.2 Å². The number of halogens is 1. The SMILES string of the molecule is CN(C)C(=O)c1ccc(OCC(F)=CCN)cc1. The summed E-state index contributed by atoms with van der Waals surface area (Å²) >= 11 is 0. The van der Waals surface area contributed by atoms with Crippen molar-refractivity contribution in [3.8, 4) is 5.75 Å². The molecule has 4 nitrogen and oxygen atoms in total. The predicted molar refractivity (Wildman–Crippen MR) is 68.2 cm³/mol. The highest BCUT2D eigenvalue weighted by atomic mass is 19.1. The molecule has 0 saturated carbocycles. The van der Waals surface area contributed by atoms with Crippen LogP contribution in [0.5, 0.6) is 5.75 Å². The second-order valence-corrected chi connectivity index (χ2v) is 3.90. The lowest BCUT2D eigenvalue weighted by molar-refractivity contribution is 0.0827. The Bertz CT molecular complexity index is 427. The van der Waals surface area contributed by atoms with E-state index in [0.717, 1.165) is 0 Å². The van der Waals surface area contributed by atoms with Gasteiger partial charge in [0.25, 0.3) is 5.91 Å². The van der Waals surface area contributed by atoms with Crippen molar-refractivity contribution >= 4 is 5.91 Å². The van der Waals surface area contributed by atoms with Gasteiger partial charge in [-0.05, 0) is 30.3 Å². The van der Waals surface area contributed by atoms with E-state index in [4.69, 9.17) is 10.5 Å². The van der Waals surface area contributed by atoms with E-state index in [0.29, 0.717) is 11.3 Å². The summed E-state index contributed by atoms with van der Waals surface area (Å²) in [5, 5.41) is 0. The fourth-order valence-electron chi connectivity index (χ4n) is 1.29. The number of carbonyl (C=O) groups is 1. The number of amides is 1. The zero-order valence-electron chi connectivity index (χ0n) is 10.5. The summed E-state index contributed by atoms with van der Waals surface area (Å²) in [5.41, 5.74) is 5.73. The maximum absolute atomic E-state index is 13.0. The van der Waals surface area contributed by atoms with Gasteiger partial charge in [-0.2, -0.15) is 0 Å². The van der Waals surface area contributed by atoms with Crippen LogP contribution < -0.4 is 10.5 Å². The number of benzene rings is 1. The van der Waals surface area contributed by atoms with E-state index in [9.17, 15) is 9.18 Å². The van der Waals surface area contributed by atoms with Gasteiger partial charge in [-0.25, -0.2) is 4.39 Å². The van der Waals surface area contributed by atoms with Gasteiger partial charge in [-0.3, -0.25) is 4.79 Å². The lowest BCUT2D eigenvalue weighted by Gasteiger charge is -2.10. The van der Waals surface area contributed by atoms with Gasteiger partial charge in [0, 0.05) is 26.2 Å². The molecule has 1 aromatic carbocycles. The van der Waals surface area contributed by atoms with Gasteiger partial charge in [0.05, 0.1) is 0 Å². The molecule has 0 atom stereocenters. The Balaban J connectivity index is 2.61. The largest absolute Gasteiger partial charge is 0.487 e. The molecule has 0 aromatic heterocycles. The van der Waals surface area contributed by atoms with Gasteiger partial charge < -0.3 is 15.4 Å². The highest BCUT2D eigenvalue weighted by Gasteiger charge is 2.07. The molecule has 1 aromatic rings. The first-order chi connectivity index (χ1) is 8.54. The third kappa shape index (κ3) is 4.18. The third-order valence-corrected chi connectivity index (χ3v) is 2.22. The highest BCUT2D eigenvalue weighted by Crippen LogP contribution is 2.14. The molecule has 0 aliphatic carbocycles. The minimum atomic E-state index is -0.411. The van der Waals surface area contributed by atoms with E-state index in [1.807, 2.05) is 0 Å². The zero-order valence-corrected chi connectivity index (χ0v) is 10.5. The summed E-state index contributed by atoms with van der Waals surface area (Å²) in [6.45, 7) is -0.0103. The Hall–Kier alpha value is -1.88. The number of rotatable bonds is 5. The molecule has 0 aliphatic rings. The van der Waals surface area contributed by atoms with E-state index in [1.165, 1.54) is 11.0 Å². The Kier molecular flexibility index (Phi) is 5.32. The normalized spacial score (nSPS) is 11.2. The Morgan fingerprint density at radius 2 is 2.00 bits per heavy atom. The van der Waals surface area contributed by atoms with Crippen LogP contribution in [-0.4, -0.2) is 38.1 Å². The molecule has 1 amide bonds. The van der Waals surface area contributed by atoms with E-state index in [-0.39, 0.29) is 19.1 Å². The molecule has 2 N–H and O–H groups in total. The first-order valence-electron chi connectivity index (χ1n) is 5.53. The number of ether oxygens (including phenoxy) is 1. The smallest absolute Gasteiger partial charge is 0.253 e. The van der Waals surface area contributed by atoms with Gasteiger partial charge >= 0.3 is 0 Å². The summed E-state index contributed by atoms with van der Waals surface area (Å²) < 4.78 is 18.2. The Morgan fingerprint density at radius 3 is 2.50 bits per heavy atom. The summed E-state index contributed by atoms with van der Waals surface area (Å²) in [5.74, 6) is 0.00702. The molecule has 98 valence electrons. The van der Waals surface area contributed by atoms with Crippen LogP contribution in [0.4, 0.5) is 4.39 Å². The molecule has 1 rings (SSSR count). The number of hydrogen-bond acceptors (Lipinski definition) is 3. The number of nitrogens with two attached hydrogens (primary N) is 1. The van der Waals surface area contributed by atoms with Crippen molar-refractivity contribution < 1.29 is 13.9 Å². The topological polar surface area (TPSA) is 55.6 Å². The van der Waals surface area contributed by atoms with Crippen LogP contribution >= 0.6 is 0 Å². The standard InChI is InChI=1S/C13H17FN2O2/c1-16(2)13(17)10-3-5-12(6-4-10)18-9-11(14)7-8-15/h3-7H,8-9,15H2,1-2H3. The molecule has 0 saturated heterocycles. The van der Waals surface area contributed by atoms with E-state index < -0.39 is 5.83 Å². The van der Waals surface area contributed by atoms with E-state index in [2.05, 4.69) is 0 Å². The third-order valence-electron chi connectivity index (χ3n) is 2.22. The lowest BCUT2D eigenvalue weighted by atomic mass is 10.2. The van der Waals surface area contributed by atoms with Crippen LogP contribution in [0, 0.1) is 0 Å². The van der Waals surface area contributed by atoms with Crippen molar-refractivity contribution in [1.29, 1.82) is 0 Å². The molecule has 0 fully saturated rings. The second kappa shape index (κ2) is 6.76. The van der Waals surface area contributed by atoms with Crippen LogP contribution in [0.1, 0.15) is 10.4 Å².